The number of fused-ring (bicyclic) bond motifs is 3. The molecular weight excluding hydrogens is 520 g/mol. The van der Waals surface area contributed by atoms with Crippen molar-refractivity contribution in [1.29, 1.82) is 0 Å². The van der Waals surface area contributed by atoms with Gasteiger partial charge in [0.1, 0.15) is 24.5 Å². The standard InChI is InChI=1S/C30H28N8O3/c39-30(32-13-11-20-17-33-24-9-3-1-7-22(20)24)41-27-16-26(23-8-2-4-10-25(23)36-27)40-18-21-6-5-15-37(21)28-12-14-31-29-34-19-35-38(28)29/h1-4,7-10,12,14,16-17,19,21,33H,5-6,11,13,15,18H2,(H,32,39)/t21-/m1/s1. The lowest BCUT2D eigenvalue weighted by Gasteiger charge is -2.26. The molecule has 1 saturated heterocycles. The van der Waals surface area contributed by atoms with E-state index in [0.29, 0.717) is 36.6 Å². The molecular formula is C30H28N8O3. The maximum Gasteiger partial charge on any atom is 0.413 e. The fourth-order valence-electron chi connectivity index (χ4n) is 5.50. The van der Waals surface area contributed by atoms with Gasteiger partial charge in [0.2, 0.25) is 5.88 Å². The molecule has 2 N–H and O–H groups in total. The highest BCUT2D eigenvalue weighted by molar-refractivity contribution is 5.86. The third kappa shape index (κ3) is 4.97. The third-order valence-corrected chi connectivity index (χ3v) is 7.45. The molecule has 2 aromatic carbocycles. The number of anilines is 1. The van der Waals surface area contributed by atoms with Gasteiger partial charge in [-0.2, -0.15) is 14.6 Å². The van der Waals surface area contributed by atoms with Crippen LogP contribution < -0.4 is 19.7 Å². The zero-order valence-corrected chi connectivity index (χ0v) is 22.2. The molecule has 0 bridgehead atoms. The van der Waals surface area contributed by atoms with E-state index in [9.17, 15) is 4.79 Å². The number of amides is 1. The third-order valence-electron chi connectivity index (χ3n) is 7.45. The molecule has 0 saturated carbocycles. The number of aromatic nitrogens is 6. The molecule has 0 unspecified atom stereocenters. The van der Waals surface area contributed by atoms with Crippen molar-refractivity contribution >= 4 is 39.5 Å². The van der Waals surface area contributed by atoms with Gasteiger partial charge in [0.05, 0.1) is 11.6 Å². The summed E-state index contributed by atoms with van der Waals surface area (Å²) in [6.07, 6.45) is 7.36. The normalized spacial score (nSPS) is 15.1. The fourth-order valence-corrected chi connectivity index (χ4v) is 5.50. The molecule has 1 fully saturated rings. The van der Waals surface area contributed by atoms with E-state index < -0.39 is 6.09 Å². The number of aromatic amines is 1. The molecule has 1 amide bonds. The summed E-state index contributed by atoms with van der Waals surface area (Å²) in [5.74, 6) is 2.30. The number of rotatable bonds is 8. The summed E-state index contributed by atoms with van der Waals surface area (Å²) in [6.45, 7) is 1.77. The van der Waals surface area contributed by atoms with Crippen LogP contribution in [0.3, 0.4) is 0 Å². The first-order valence-corrected chi connectivity index (χ1v) is 13.7. The Labute approximate surface area is 235 Å². The van der Waals surface area contributed by atoms with Gasteiger partial charge >= 0.3 is 6.09 Å². The number of nitrogens with zero attached hydrogens (tertiary/aromatic N) is 6. The van der Waals surface area contributed by atoms with Gasteiger partial charge in [0.15, 0.2) is 0 Å². The van der Waals surface area contributed by atoms with Crippen LogP contribution in [0.5, 0.6) is 11.6 Å². The minimum Gasteiger partial charge on any atom is -0.491 e. The van der Waals surface area contributed by atoms with Gasteiger partial charge in [-0.05, 0) is 49.1 Å². The molecule has 0 radical (unpaired) electrons. The Morgan fingerprint density at radius 1 is 1.07 bits per heavy atom. The Balaban J connectivity index is 1.04. The van der Waals surface area contributed by atoms with Crippen molar-refractivity contribution in [3.63, 3.8) is 0 Å². The van der Waals surface area contributed by atoms with Crippen molar-refractivity contribution in [2.45, 2.75) is 25.3 Å². The molecule has 6 aromatic rings. The molecule has 41 heavy (non-hydrogen) atoms. The smallest absolute Gasteiger partial charge is 0.413 e. The highest BCUT2D eigenvalue weighted by Crippen LogP contribution is 2.31. The number of benzene rings is 2. The first-order chi connectivity index (χ1) is 20.2. The summed E-state index contributed by atoms with van der Waals surface area (Å²) in [7, 11) is 0. The molecule has 5 heterocycles. The summed E-state index contributed by atoms with van der Waals surface area (Å²) < 4.78 is 13.7. The van der Waals surface area contributed by atoms with Gasteiger partial charge in [0, 0.05) is 47.8 Å². The van der Waals surface area contributed by atoms with Gasteiger partial charge in [-0.25, -0.2) is 14.8 Å². The van der Waals surface area contributed by atoms with E-state index in [0.717, 1.165) is 47.1 Å². The molecule has 1 aliphatic heterocycles. The van der Waals surface area contributed by atoms with Crippen LogP contribution in [0.1, 0.15) is 18.4 Å². The van der Waals surface area contributed by atoms with E-state index >= 15 is 0 Å². The SMILES string of the molecule is O=C(NCCc1c[nH]c2ccccc12)Oc1cc(OC[C@H]2CCCN2c2ccnc3ncnn23)c2ccccc2n1. The van der Waals surface area contributed by atoms with Crippen LogP contribution in [0.4, 0.5) is 10.6 Å². The number of nitrogens with one attached hydrogen (secondary N) is 2. The van der Waals surface area contributed by atoms with E-state index in [1.807, 2.05) is 54.7 Å². The van der Waals surface area contributed by atoms with Gasteiger partial charge in [0.25, 0.3) is 5.78 Å². The van der Waals surface area contributed by atoms with Crippen molar-refractivity contribution in [3.8, 4) is 11.6 Å². The van der Waals surface area contributed by atoms with Crippen LogP contribution in [0.2, 0.25) is 0 Å². The number of carbonyl (C=O) groups excluding carboxylic acids is 1. The van der Waals surface area contributed by atoms with Gasteiger partial charge in [-0.15, -0.1) is 0 Å². The van der Waals surface area contributed by atoms with Gasteiger partial charge in [-0.1, -0.05) is 30.3 Å². The second kappa shape index (κ2) is 10.8. The fraction of sp³-hybridized carbons (Fsp3) is 0.233. The Kier molecular flexibility index (Phi) is 6.51. The average Bonchev–Trinajstić information content (AvgIpc) is 3.76. The Morgan fingerprint density at radius 2 is 1.95 bits per heavy atom. The zero-order chi connectivity index (χ0) is 27.6. The summed E-state index contributed by atoms with van der Waals surface area (Å²) in [6, 6.07) is 19.5. The van der Waals surface area contributed by atoms with Gasteiger partial charge in [-0.3, -0.25) is 0 Å². The van der Waals surface area contributed by atoms with Crippen molar-refractivity contribution in [2.24, 2.45) is 0 Å². The van der Waals surface area contributed by atoms with E-state index in [-0.39, 0.29) is 11.9 Å². The maximum absolute atomic E-state index is 12.7. The van der Waals surface area contributed by atoms with Crippen LogP contribution in [0.25, 0.3) is 27.6 Å². The van der Waals surface area contributed by atoms with Crippen molar-refractivity contribution < 1.29 is 14.3 Å². The first-order valence-electron chi connectivity index (χ1n) is 13.7. The second-order valence-electron chi connectivity index (χ2n) is 9.98. The topological polar surface area (TPSA) is 123 Å². The molecule has 7 rings (SSSR count). The second-order valence-corrected chi connectivity index (χ2v) is 9.98. The number of para-hydroxylation sites is 2. The van der Waals surface area contributed by atoms with Crippen molar-refractivity contribution in [3.05, 3.63) is 84.9 Å². The highest BCUT2D eigenvalue weighted by Gasteiger charge is 2.28. The number of pyridine rings is 1. The summed E-state index contributed by atoms with van der Waals surface area (Å²) in [5, 5.41) is 9.18. The molecule has 206 valence electrons. The lowest BCUT2D eigenvalue weighted by molar-refractivity contribution is 0.198. The largest absolute Gasteiger partial charge is 0.491 e. The van der Waals surface area contributed by atoms with E-state index in [2.05, 4.69) is 41.3 Å². The van der Waals surface area contributed by atoms with Crippen LogP contribution >= 0.6 is 0 Å². The van der Waals surface area contributed by atoms with E-state index in [1.165, 1.54) is 6.33 Å². The first kappa shape index (κ1) is 24.8. The Bertz CT molecular complexity index is 1850. The molecule has 1 aliphatic rings. The van der Waals surface area contributed by atoms with E-state index in [1.54, 1.807) is 16.8 Å². The molecule has 0 spiro atoms. The monoisotopic (exact) mass is 548 g/mol. The number of H-pyrrole nitrogens is 1. The van der Waals surface area contributed by atoms with Crippen LogP contribution in [-0.4, -0.2) is 61.4 Å². The molecule has 11 nitrogen and oxygen atoms in total. The van der Waals surface area contributed by atoms with E-state index in [4.69, 9.17) is 9.47 Å². The minimum absolute atomic E-state index is 0.133. The predicted octanol–water partition coefficient (Wildman–Crippen LogP) is 4.53. The quantitative estimate of drug-likeness (QED) is 0.284. The van der Waals surface area contributed by atoms with Crippen LogP contribution in [-0.2, 0) is 6.42 Å². The lowest BCUT2D eigenvalue weighted by atomic mass is 10.1. The molecule has 11 heteroatoms. The summed E-state index contributed by atoms with van der Waals surface area (Å²) >= 11 is 0. The zero-order valence-electron chi connectivity index (χ0n) is 22.2. The minimum atomic E-state index is -0.560. The highest BCUT2D eigenvalue weighted by atomic mass is 16.6. The molecule has 0 aliphatic carbocycles. The lowest BCUT2D eigenvalue weighted by Crippen LogP contribution is -2.35. The molecule has 1 atom stereocenters. The predicted molar refractivity (Wildman–Crippen MR) is 154 cm³/mol. The number of ether oxygens (including phenoxy) is 2. The average molecular weight is 549 g/mol. The van der Waals surface area contributed by atoms with Crippen molar-refractivity contribution in [1.82, 2.24) is 34.9 Å². The number of carbonyl (C=O) groups is 1. The van der Waals surface area contributed by atoms with Gasteiger partial charge < -0.3 is 24.7 Å². The van der Waals surface area contributed by atoms with Crippen LogP contribution in [0.15, 0.2) is 79.4 Å². The van der Waals surface area contributed by atoms with Crippen molar-refractivity contribution in [2.75, 3.05) is 24.6 Å². The Morgan fingerprint density at radius 3 is 2.90 bits per heavy atom. The Hall–Kier alpha value is -5.19. The number of hydrogen-bond acceptors (Lipinski definition) is 8. The summed E-state index contributed by atoms with van der Waals surface area (Å²) in [5.41, 5.74) is 2.90. The van der Waals surface area contributed by atoms with Crippen LogP contribution in [0, 0.1) is 0 Å². The summed E-state index contributed by atoms with van der Waals surface area (Å²) in [4.78, 5) is 31.2. The molecule has 4 aromatic heterocycles. The maximum atomic E-state index is 12.7. The number of hydrogen-bond donors (Lipinski definition) is 2.